The first-order valence-corrected chi connectivity index (χ1v) is 3.97. The Labute approximate surface area is 67.9 Å². The van der Waals surface area contributed by atoms with E-state index in [1.807, 2.05) is 20.8 Å². The predicted molar refractivity (Wildman–Crippen MR) is 46.7 cm³/mol. The zero-order chi connectivity index (χ0) is 8.69. The summed E-state index contributed by atoms with van der Waals surface area (Å²) < 4.78 is 0. The third kappa shape index (κ3) is 7.03. The molecule has 0 aliphatic heterocycles. The molecular formula is C8H16N2O. The van der Waals surface area contributed by atoms with E-state index in [2.05, 4.69) is 10.3 Å². The zero-order valence-corrected chi connectivity index (χ0v) is 7.42. The molecule has 0 fully saturated rings. The van der Waals surface area contributed by atoms with Gasteiger partial charge in [0.2, 0.25) is 5.91 Å². The molecule has 0 aromatic carbocycles. The number of carbonyl (C=O) groups is 1. The number of amides is 1. The van der Waals surface area contributed by atoms with Gasteiger partial charge in [-0.25, -0.2) is 0 Å². The Morgan fingerprint density at radius 3 is 2.73 bits per heavy atom. The summed E-state index contributed by atoms with van der Waals surface area (Å²) in [6, 6.07) is 0.247. The van der Waals surface area contributed by atoms with Gasteiger partial charge in [-0.3, -0.25) is 9.79 Å². The second-order valence-electron chi connectivity index (χ2n) is 2.69. The average Bonchev–Trinajstić information content (AvgIpc) is 1.87. The van der Waals surface area contributed by atoms with Gasteiger partial charge in [0.15, 0.2) is 0 Å². The molecule has 1 amide bonds. The van der Waals surface area contributed by atoms with Crippen molar-refractivity contribution in [2.24, 2.45) is 4.99 Å². The van der Waals surface area contributed by atoms with E-state index in [1.54, 1.807) is 0 Å². The standard InChI is InChI=1S/C8H16N2O/c1-4-5-8(11)10-6-9-7(2)3/h6-7H,4-5H2,1-3H3,(H,9,10,11). The number of hydrogen-bond acceptors (Lipinski definition) is 2. The summed E-state index contributed by atoms with van der Waals surface area (Å²) in [6.07, 6.45) is 2.92. The van der Waals surface area contributed by atoms with Crippen LogP contribution < -0.4 is 5.32 Å². The number of carbonyl (C=O) groups excluding carboxylic acids is 1. The highest BCUT2D eigenvalue weighted by molar-refractivity contribution is 5.87. The maximum absolute atomic E-state index is 10.8. The van der Waals surface area contributed by atoms with Crippen LogP contribution in [0.4, 0.5) is 0 Å². The monoisotopic (exact) mass is 156 g/mol. The Morgan fingerprint density at radius 1 is 1.64 bits per heavy atom. The fraction of sp³-hybridized carbons (Fsp3) is 0.750. The van der Waals surface area contributed by atoms with Crippen molar-refractivity contribution < 1.29 is 4.79 Å². The van der Waals surface area contributed by atoms with Crippen LogP contribution in [0.2, 0.25) is 0 Å². The van der Waals surface area contributed by atoms with Gasteiger partial charge in [-0.05, 0) is 20.3 Å². The molecule has 1 N–H and O–H groups in total. The summed E-state index contributed by atoms with van der Waals surface area (Å²) >= 11 is 0. The Bertz CT molecular complexity index is 141. The van der Waals surface area contributed by atoms with E-state index in [-0.39, 0.29) is 11.9 Å². The molecule has 0 aromatic heterocycles. The minimum absolute atomic E-state index is 0.0388. The van der Waals surface area contributed by atoms with Gasteiger partial charge in [-0.2, -0.15) is 0 Å². The average molecular weight is 156 g/mol. The predicted octanol–water partition coefficient (Wildman–Crippen LogP) is 1.34. The highest BCUT2D eigenvalue weighted by Gasteiger charge is 1.93. The third-order valence-corrected chi connectivity index (χ3v) is 1.08. The second kappa shape index (κ2) is 5.89. The normalized spacial score (nSPS) is 10.9. The molecule has 0 saturated carbocycles. The zero-order valence-electron chi connectivity index (χ0n) is 7.42. The van der Waals surface area contributed by atoms with E-state index in [1.165, 1.54) is 6.34 Å². The molecule has 0 aliphatic carbocycles. The van der Waals surface area contributed by atoms with E-state index >= 15 is 0 Å². The first-order chi connectivity index (χ1) is 5.16. The van der Waals surface area contributed by atoms with Crippen LogP contribution in [0.3, 0.4) is 0 Å². The molecule has 0 unspecified atom stereocenters. The molecule has 3 nitrogen and oxygen atoms in total. The van der Waals surface area contributed by atoms with E-state index in [0.717, 1.165) is 6.42 Å². The summed E-state index contributed by atoms with van der Waals surface area (Å²) in [5.41, 5.74) is 0. The molecule has 64 valence electrons. The number of aliphatic imine (C=N–C) groups is 1. The number of nitrogens with one attached hydrogen (secondary N) is 1. The maximum Gasteiger partial charge on any atom is 0.225 e. The molecule has 0 rings (SSSR count). The van der Waals surface area contributed by atoms with Gasteiger partial charge in [0.05, 0.1) is 6.34 Å². The van der Waals surface area contributed by atoms with Crippen molar-refractivity contribution in [1.82, 2.24) is 5.32 Å². The molecule has 3 heteroatoms. The Hall–Kier alpha value is -0.860. The topological polar surface area (TPSA) is 41.5 Å². The van der Waals surface area contributed by atoms with Crippen molar-refractivity contribution in [2.45, 2.75) is 39.7 Å². The van der Waals surface area contributed by atoms with Gasteiger partial charge in [0.1, 0.15) is 0 Å². The molecule has 11 heavy (non-hydrogen) atoms. The minimum atomic E-state index is 0.0388. The molecule has 0 heterocycles. The van der Waals surface area contributed by atoms with E-state index in [0.29, 0.717) is 6.42 Å². The lowest BCUT2D eigenvalue weighted by molar-refractivity contribution is -0.119. The van der Waals surface area contributed by atoms with E-state index in [4.69, 9.17) is 0 Å². The van der Waals surface area contributed by atoms with Crippen molar-refractivity contribution in [3.63, 3.8) is 0 Å². The molecule has 0 bridgehead atoms. The van der Waals surface area contributed by atoms with Crippen molar-refractivity contribution in [3.8, 4) is 0 Å². The van der Waals surface area contributed by atoms with Crippen LogP contribution >= 0.6 is 0 Å². The van der Waals surface area contributed by atoms with Crippen molar-refractivity contribution in [1.29, 1.82) is 0 Å². The Balaban J connectivity index is 3.45. The highest BCUT2D eigenvalue weighted by Crippen LogP contribution is 1.85. The highest BCUT2D eigenvalue weighted by atomic mass is 16.1. The van der Waals surface area contributed by atoms with Crippen molar-refractivity contribution >= 4 is 12.2 Å². The number of rotatable bonds is 4. The molecule has 0 radical (unpaired) electrons. The lowest BCUT2D eigenvalue weighted by atomic mass is 10.3. The van der Waals surface area contributed by atoms with Gasteiger partial charge in [-0.15, -0.1) is 0 Å². The fourth-order valence-electron chi connectivity index (χ4n) is 0.558. The van der Waals surface area contributed by atoms with Crippen LogP contribution in [0.1, 0.15) is 33.6 Å². The van der Waals surface area contributed by atoms with Crippen molar-refractivity contribution in [2.75, 3.05) is 0 Å². The first-order valence-electron chi connectivity index (χ1n) is 3.97. The second-order valence-corrected chi connectivity index (χ2v) is 2.69. The van der Waals surface area contributed by atoms with E-state index in [9.17, 15) is 4.79 Å². The SMILES string of the molecule is CCCC(=O)NC=NC(C)C. The summed E-state index contributed by atoms with van der Waals surface area (Å²) in [5.74, 6) is 0.0388. The number of nitrogens with zero attached hydrogens (tertiary/aromatic N) is 1. The molecule has 0 saturated heterocycles. The smallest absolute Gasteiger partial charge is 0.225 e. The van der Waals surface area contributed by atoms with Crippen LogP contribution in [0, 0.1) is 0 Å². The lowest BCUT2D eigenvalue weighted by Gasteiger charge is -1.97. The van der Waals surface area contributed by atoms with Gasteiger partial charge < -0.3 is 5.32 Å². The van der Waals surface area contributed by atoms with Gasteiger partial charge in [-0.1, -0.05) is 6.92 Å². The number of hydrogen-bond donors (Lipinski definition) is 1. The minimum Gasteiger partial charge on any atom is -0.317 e. The Kier molecular flexibility index (Phi) is 5.43. The van der Waals surface area contributed by atoms with E-state index < -0.39 is 0 Å². The summed E-state index contributed by atoms with van der Waals surface area (Å²) in [7, 11) is 0. The third-order valence-electron chi connectivity index (χ3n) is 1.08. The first kappa shape index (κ1) is 10.1. The van der Waals surface area contributed by atoms with Crippen LogP contribution in [-0.2, 0) is 4.79 Å². The van der Waals surface area contributed by atoms with Crippen LogP contribution in [0.25, 0.3) is 0 Å². The van der Waals surface area contributed by atoms with Crippen LogP contribution in [-0.4, -0.2) is 18.3 Å². The Morgan fingerprint density at radius 2 is 2.27 bits per heavy atom. The summed E-state index contributed by atoms with van der Waals surface area (Å²) in [6.45, 7) is 5.89. The maximum atomic E-state index is 10.8. The molecule has 0 aliphatic rings. The molecule has 0 aromatic rings. The van der Waals surface area contributed by atoms with Crippen LogP contribution in [0.15, 0.2) is 4.99 Å². The molecular weight excluding hydrogens is 140 g/mol. The fourth-order valence-corrected chi connectivity index (χ4v) is 0.558. The summed E-state index contributed by atoms with van der Waals surface area (Å²) in [5, 5.41) is 2.58. The largest absolute Gasteiger partial charge is 0.317 e. The van der Waals surface area contributed by atoms with Crippen LogP contribution in [0.5, 0.6) is 0 Å². The quantitative estimate of drug-likeness (QED) is 0.484. The molecule has 0 spiro atoms. The van der Waals surface area contributed by atoms with Crippen molar-refractivity contribution in [3.05, 3.63) is 0 Å². The van der Waals surface area contributed by atoms with Gasteiger partial charge in [0, 0.05) is 12.5 Å². The lowest BCUT2D eigenvalue weighted by Crippen LogP contribution is -2.21. The summed E-state index contributed by atoms with van der Waals surface area (Å²) in [4.78, 5) is 14.8. The van der Waals surface area contributed by atoms with Gasteiger partial charge in [0.25, 0.3) is 0 Å². The van der Waals surface area contributed by atoms with Gasteiger partial charge >= 0.3 is 0 Å². The molecule has 0 atom stereocenters.